The third-order valence-electron chi connectivity index (χ3n) is 5.24. The predicted octanol–water partition coefficient (Wildman–Crippen LogP) is 5.34. The summed E-state index contributed by atoms with van der Waals surface area (Å²) in [7, 11) is 0. The van der Waals surface area contributed by atoms with Gasteiger partial charge >= 0.3 is 5.97 Å². The number of nitrogens with one attached hydrogen (secondary N) is 1. The molecule has 1 heterocycles. The number of carboxylic acid groups (broad SMARTS) is 1. The quantitative estimate of drug-likeness (QED) is 0.458. The summed E-state index contributed by atoms with van der Waals surface area (Å²) in [5, 5.41) is 12.6. The van der Waals surface area contributed by atoms with E-state index in [0.717, 1.165) is 16.7 Å². The first kappa shape index (κ1) is 21.1. The van der Waals surface area contributed by atoms with E-state index in [0.29, 0.717) is 27.9 Å². The minimum atomic E-state index is -1.11. The monoisotopic (exact) mass is 427 g/mol. The molecule has 0 bridgehead atoms. The first-order chi connectivity index (χ1) is 15.2. The molecular weight excluding hydrogens is 406 g/mol. The van der Waals surface area contributed by atoms with E-state index in [1.807, 2.05) is 26.0 Å². The van der Waals surface area contributed by atoms with Gasteiger partial charge in [0.1, 0.15) is 11.3 Å². The van der Waals surface area contributed by atoms with Gasteiger partial charge in [0.2, 0.25) is 0 Å². The van der Waals surface area contributed by atoms with Crippen molar-refractivity contribution in [2.24, 2.45) is 0 Å². The van der Waals surface area contributed by atoms with Crippen LogP contribution in [0.3, 0.4) is 0 Å². The maximum absolute atomic E-state index is 12.6. The number of carboxylic acids is 1. The van der Waals surface area contributed by atoms with Crippen molar-refractivity contribution in [3.8, 4) is 11.3 Å². The molecule has 0 saturated heterocycles. The molecular formula is C26H21NO5. The molecule has 2 N–H and O–H groups in total. The summed E-state index contributed by atoms with van der Waals surface area (Å²) in [4.78, 5) is 36.7. The van der Waals surface area contributed by atoms with Crippen LogP contribution in [0.2, 0.25) is 0 Å². The zero-order valence-electron chi connectivity index (χ0n) is 17.9. The highest BCUT2D eigenvalue weighted by Gasteiger charge is 2.15. The molecule has 32 heavy (non-hydrogen) atoms. The Hall–Kier alpha value is -4.19. The fourth-order valence-corrected chi connectivity index (χ4v) is 3.68. The van der Waals surface area contributed by atoms with Crippen molar-refractivity contribution < 1.29 is 19.1 Å². The van der Waals surface area contributed by atoms with E-state index < -0.39 is 11.9 Å². The lowest BCUT2D eigenvalue weighted by Gasteiger charge is -2.10. The van der Waals surface area contributed by atoms with Gasteiger partial charge in [-0.2, -0.15) is 0 Å². The number of carbonyl (C=O) groups is 2. The second-order valence-electron chi connectivity index (χ2n) is 7.82. The number of aromatic carboxylic acids is 1. The standard InChI is InChI=1S/C26H21NO5/c1-14-4-9-21(19(11-14)26(30)31)27-25(29)18-7-5-17(6-8-18)23-13-22(28)20-12-15(2)10-16(3)24(20)32-23/h4-13H,1-3H3,(H,27,29)(H,30,31). The van der Waals surface area contributed by atoms with E-state index in [1.165, 1.54) is 12.1 Å². The molecule has 4 rings (SSSR count). The van der Waals surface area contributed by atoms with E-state index in [1.54, 1.807) is 43.3 Å². The van der Waals surface area contributed by atoms with E-state index in [9.17, 15) is 19.5 Å². The molecule has 6 nitrogen and oxygen atoms in total. The van der Waals surface area contributed by atoms with Crippen LogP contribution in [0.25, 0.3) is 22.3 Å². The molecule has 160 valence electrons. The second-order valence-corrected chi connectivity index (χ2v) is 7.82. The molecule has 0 unspecified atom stereocenters. The SMILES string of the molecule is Cc1ccc(NC(=O)c2ccc(-c3cc(=O)c4cc(C)cc(C)c4o3)cc2)c(C(=O)O)c1. The number of fused-ring (bicyclic) bond motifs is 1. The summed E-state index contributed by atoms with van der Waals surface area (Å²) >= 11 is 0. The molecule has 4 aromatic rings. The van der Waals surface area contributed by atoms with E-state index in [-0.39, 0.29) is 16.7 Å². The minimum Gasteiger partial charge on any atom is -0.478 e. The maximum atomic E-state index is 12.6. The van der Waals surface area contributed by atoms with Crippen LogP contribution in [0.4, 0.5) is 5.69 Å². The smallest absolute Gasteiger partial charge is 0.337 e. The molecule has 1 aromatic heterocycles. The second kappa shape index (κ2) is 8.15. The highest BCUT2D eigenvalue weighted by atomic mass is 16.4. The number of amides is 1. The Kier molecular flexibility index (Phi) is 5.36. The van der Waals surface area contributed by atoms with Crippen molar-refractivity contribution in [1.82, 2.24) is 0 Å². The lowest BCUT2D eigenvalue weighted by Crippen LogP contribution is -2.15. The van der Waals surface area contributed by atoms with Gasteiger partial charge in [-0.05, 0) is 62.2 Å². The van der Waals surface area contributed by atoms with Crippen LogP contribution in [-0.2, 0) is 0 Å². The Morgan fingerprint density at radius 3 is 2.28 bits per heavy atom. The molecule has 0 aliphatic rings. The Morgan fingerprint density at radius 2 is 1.59 bits per heavy atom. The fraction of sp³-hybridized carbons (Fsp3) is 0.115. The number of hydrogen-bond donors (Lipinski definition) is 2. The first-order valence-corrected chi connectivity index (χ1v) is 10.0. The highest BCUT2D eigenvalue weighted by molar-refractivity contribution is 6.08. The van der Waals surface area contributed by atoms with Gasteiger partial charge in [-0.3, -0.25) is 9.59 Å². The molecule has 3 aromatic carbocycles. The van der Waals surface area contributed by atoms with Crippen LogP contribution in [-0.4, -0.2) is 17.0 Å². The zero-order chi connectivity index (χ0) is 23.0. The summed E-state index contributed by atoms with van der Waals surface area (Å²) in [6.07, 6.45) is 0. The molecule has 0 radical (unpaired) electrons. The van der Waals surface area contributed by atoms with E-state index in [2.05, 4.69) is 5.32 Å². The number of carbonyl (C=O) groups excluding carboxylic acids is 1. The maximum Gasteiger partial charge on any atom is 0.337 e. The lowest BCUT2D eigenvalue weighted by atomic mass is 10.0. The number of rotatable bonds is 4. The van der Waals surface area contributed by atoms with Gasteiger partial charge in [-0.1, -0.05) is 29.8 Å². The third-order valence-corrected chi connectivity index (χ3v) is 5.24. The first-order valence-electron chi connectivity index (χ1n) is 10.0. The fourth-order valence-electron chi connectivity index (χ4n) is 3.68. The van der Waals surface area contributed by atoms with Gasteiger partial charge < -0.3 is 14.8 Å². The molecule has 0 spiro atoms. The number of hydrogen-bond acceptors (Lipinski definition) is 4. The Balaban J connectivity index is 1.63. The van der Waals surface area contributed by atoms with Gasteiger partial charge in [-0.25, -0.2) is 4.79 Å². The van der Waals surface area contributed by atoms with Gasteiger partial charge in [0.05, 0.1) is 16.6 Å². The number of aryl methyl sites for hydroxylation is 3. The van der Waals surface area contributed by atoms with Crippen molar-refractivity contribution in [1.29, 1.82) is 0 Å². The number of anilines is 1. The van der Waals surface area contributed by atoms with Crippen LogP contribution in [0.5, 0.6) is 0 Å². The molecule has 1 amide bonds. The molecule has 0 saturated carbocycles. The Labute approximate surface area is 184 Å². The van der Waals surface area contributed by atoms with Crippen LogP contribution < -0.4 is 10.7 Å². The third kappa shape index (κ3) is 4.03. The summed E-state index contributed by atoms with van der Waals surface area (Å²) in [5.41, 5.74) is 4.32. The van der Waals surface area contributed by atoms with Gasteiger partial charge in [-0.15, -0.1) is 0 Å². The van der Waals surface area contributed by atoms with Crippen molar-refractivity contribution in [3.63, 3.8) is 0 Å². The molecule has 0 fully saturated rings. The topological polar surface area (TPSA) is 96.6 Å². The summed E-state index contributed by atoms with van der Waals surface area (Å²) in [5.74, 6) is -1.14. The van der Waals surface area contributed by atoms with Crippen molar-refractivity contribution in [2.75, 3.05) is 5.32 Å². The summed E-state index contributed by atoms with van der Waals surface area (Å²) in [6.45, 7) is 5.61. The molecule has 6 heteroatoms. The molecule has 0 atom stereocenters. The van der Waals surface area contributed by atoms with Crippen LogP contribution in [0, 0.1) is 20.8 Å². The van der Waals surface area contributed by atoms with Gasteiger partial charge in [0.15, 0.2) is 5.43 Å². The summed E-state index contributed by atoms with van der Waals surface area (Å²) < 4.78 is 6.00. The molecule has 0 aliphatic heterocycles. The van der Waals surface area contributed by atoms with Crippen molar-refractivity contribution in [2.45, 2.75) is 20.8 Å². The van der Waals surface area contributed by atoms with Gasteiger partial charge in [0, 0.05) is 17.2 Å². The largest absolute Gasteiger partial charge is 0.478 e. The highest BCUT2D eigenvalue weighted by Crippen LogP contribution is 2.26. The van der Waals surface area contributed by atoms with Crippen LogP contribution in [0.1, 0.15) is 37.4 Å². The van der Waals surface area contributed by atoms with E-state index in [4.69, 9.17) is 4.42 Å². The predicted molar refractivity (Wildman–Crippen MR) is 123 cm³/mol. The van der Waals surface area contributed by atoms with Gasteiger partial charge in [0.25, 0.3) is 5.91 Å². The number of benzene rings is 3. The van der Waals surface area contributed by atoms with Crippen LogP contribution >= 0.6 is 0 Å². The Morgan fingerprint density at radius 1 is 0.875 bits per heavy atom. The van der Waals surface area contributed by atoms with Crippen molar-refractivity contribution in [3.05, 3.63) is 98.7 Å². The minimum absolute atomic E-state index is 0.0264. The van der Waals surface area contributed by atoms with E-state index >= 15 is 0 Å². The summed E-state index contributed by atoms with van der Waals surface area (Å²) in [6, 6.07) is 16.6. The Bertz CT molecular complexity index is 1430. The van der Waals surface area contributed by atoms with Crippen LogP contribution in [0.15, 0.2) is 69.9 Å². The average Bonchev–Trinajstić information content (AvgIpc) is 2.75. The zero-order valence-corrected chi connectivity index (χ0v) is 17.9. The molecule has 0 aliphatic carbocycles. The lowest BCUT2D eigenvalue weighted by molar-refractivity contribution is 0.0698. The normalized spacial score (nSPS) is 10.8. The average molecular weight is 427 g/mol. The van der Waals surface area contributed by atoms with Crippen molar-refractivity contribution >= 4 is 28.5 Å².